The van der Waals surface area contributed by atoms with Crippen LogP contribution in [0.5, 0.6) is 0 Å². The number of aliphatic carboxylic acids is 1. The topological polar surface area (TPSA) is 73.6 Å². The van der Waals surface area contributed by atoms with Gasteiger partial charge in [0.15, 0.2) is 5.79 Å². The molecule has 0 spiro atoms. The van der Waals surface area contributed by atoms with Crippen LogP contribution in [-0.4, -0.2) is 40.1 Å². The lowest BCUT2D eigenvalue weighted by molar-refractivity contribution is -0.187. The number of rotatable bonds is 11. The van der Waals surface area contributed by atoms with Crippen molar-refractivity contribution in [1.29, 1.82) is 0 Å². The van der Waals surface area contributed by atoms with Crippen LogP contribution in [0, 0.1) is 0 Å². The number of methoxy groups -OCH3 is 1. The second-order valence-corrected chi connectivity index (χ2v) is 9.76. The molecule has 1 aliphatic carbocycles. The zero-order valence-electron chi connectivity index (χ0n) is 21.4. The van der Waals surface area contributed by atoms with Crippen LogP contribution in [0.3, 0.4) is 0 Å². The predicted molar refractivity (Wildman–Crippen MR) is 153 cm³/mol. The molecule has 1 N–H and O–H groups in total. The van der Waals surface area contributed by atoms with Gasteiger partial charge in [-0.2, -0.15) is 0 Å². The Morgan fingerprint density at radius 2 is 2.05 bits per heavy atom. The predicted octanol–water partition coefficient (Wildman–Crippen LogP) is 7.61. The molecule has 3 aromatic rings. The Hall–Kier alpha value is -3.16. The Morgan fingerprint density at radius 1 is 1.21 bits per heavy atom. The number of benzene rings is 2. The van der Waals surface area contributed by atoms with Crippen molar-refractivity contribution < 1.29 is 19.4 Å². The third-order valence-corrected chi connectivity index (χ3v) is 6.90. The molecule has 0 saturated carbocycles. The average molecular weight is 553 g/mol. The van der Waals surface area contributed by atoms with E-state index in [1.54, 1.807) is 13.2 Å². The summed E-state index contributed by atoms with van der Waals surface area (Å²) in [4.78, 5) is 15.5. The molecule has 1 aliphatic rings. The van der Waals surface area contributed by atoms with Crippen molar-refractivity contribution in [2.24, 2.45) is 0 Å². The van der Waals surface area contributed by atoms with Gasteiger partial charge in [-0.15, -0.1) is 0 Å². The van der Waals surface area contributed by atoms with Crippen molar-refractivity contribution in [3.8, 4) is 11.3 Å². The maximum atomic E-state index is 10.7. The van der Waals surface area contributed by atoms with E-state index in [4.69, 9.17) is 42.8 Å². The van der Waals surface area contributed by atoms with Gasteiger partial charge in [0.05, 0.1) is 17.3 Å². The van der Waals surface area contributed by atoms with Crippen molar-refractivity contribution in [2.45, 2.75) is 38.5 Å². The van der Waals surface area contributed by atoms with Gasteiger partial charge in [-0.25, -0.2) is 4.98 Å². The largest absolute Gasteiger partial charge is 0.481 e. The maximum absolute atomic E-state index is 10.7. The van der Waals surface area contributed by atoms with Crippen LogP contribution in [0.15, 0.2) is 66.9 Å². The summed E-state index contributed by atoms with van der Waals surface area (Å²) in [6.45, 7) is 3.16. The molecule has 0 bridgehead atoms. The van der Waals surface area contributed by atoms with Gasteiger partial charge >= 0.3 is 5.97 Å². The zero-order valence-corrected chi connectivity index (χ0v) is 22.9. The van der Waals surface area contributed by atoms with Gasteiger partial charge in [-0.05, 0) is 66.5 Å². The first-order valence-electron chi connectivity index (χ1n) is 12.4. The van der Waals surface area contributed by atoms with Crippen molar-refractivity contribution in [3.63, 3.8) is 0 Å². The molecule has 38 heavy (non-hydrogen) atoms. The Bertz CT molecular complexity index is 1390. The molecular formula is C30H30Cl2N2O4. The van der Waals surface area contributed by atoms with Crippen molar-refractivity contribution in [3.05, 3.63) is 93.9 Å². The molecule has 0 radical (unpaired) electrons. The van der Waals surface area contributed by atoms with Crippen LogP contribution >= 0.6 is 23.2 Å². The second-order valence-electron chi connectivity index (χ2n) is 8.91. The minimum Gasteiger partial charge on any atom is -0.481 e. The van der Waals surface area contributed by atoms with E-state index < -0.39 is 11.8 Å². The summed E-state index contributed by atoms with van der Waals surface area (Å²) in [5.41, 5.74) is 4.82. The fourth-order valence-electron chi connectivity index (χ4n) is 4.24. The van der Waals surface area contributed by atoms with E-state index in [0.29, 0.717) is 29.5 Å². The number of ether oxygens (including phenoxy) is 2. The lowest BCUT2D eigenvalue weighted by atomic mass is 9.95. The minimum absolute atomic E-state index is 0.0690. The highest BCUT2D eigenvalue weighted by Gasteiger charge is 2.29. The summed E-state index contributed by atoms with van der Waals surface area (Å²) in [5.74, 6) is -0.873. The quantitative estimate of drug-likeness (QED) is 0.195. The maximum Gasteiger partial charge on any atom is 0.303 e. The van der Waals surface area contributed by atoms with E-state index in [1.807, 2.05) is 54.8 Å². The van der Waals surface area contributed by atoms with Gasteiger partial charge in [0.2, 0.25) is 0 Å². The van der Waals surface area contributed by atoms with Gasteiger partial charge in [0.25, 0.3) is 0 Å². The highest BCUT2D eigenvalue weighted by atomic mass is 35.5. The minimum atomic E-state index is -0.874. The van der Waals surface area contributed by atoms with Crippen LogP contribution < -0.4 is 0 Å². The highest BCUT2D eigenvalue weighted by Crippen LogP contribution is 2.32. The number of carboxylic acid groups (broad SMARTS) is 1. The zero-order chi connectivity index (χ0) is 27.1. The van der Waals surface area contributed by atoms with Gasteiger partial charge in [-0.3, -0.25) is 4.79 Å². The second kappa shape index (κ2) is 12.6. The van der Waals surface area contributed by atoms with Crippen LogP contribution in [-0.2, 0) is 20.8 Å². The van der Waals surface area contributed by atoms with Crippen molar-refractivity contribution in [1.82, 2.24) is 9.55 Å². The summed E-state index contributed by atoms with van der Waals surface area (Å²) < 4.78 is 13.6. The lowest BCUT2D eigenvalue weighted by Crippen LogP contribution is -2.33. The number of aromatic nitrogens is 2. The van der Waals surface area contributed by atoms with E-state index in [1.165, 1.54) is 0 Å². The normalized spacial score (nSPS) is 17.2. The first-order chi connectivity index (χ1) is 18.3. The molecule has 1 atom stereocenters. The highest BCUT2D eigenvalue weighted by molar-refractivity contribution is 6.36. The van der Waals surface area contributed by atoms with Crippen LogP contribution in [0.25, 0.3) is 29.0 Å². The van der Waals surface area contributed by atoms with E-state index in [0.717, 1.165) is 40.3 Å². The molecular weight excluding hydrogens is 523 g/mol. The number of halogens is 2. The summed E-state index contributed by atoms with van der Waals surface area (Å²) in [6.07, 6.45) is 13.0. The van der Waals surface area contributed by atoms with Crippen LogP contribution in [0.4, 0.5) is 0 Å². The van der Waals surface area contributed by atoms with Gasteiger partial charge < -0.3 is 19.1 Å². The fourth-order valence-corrected chi connectivity index (χ4v) is 4.75. The van der Waals surface area contributed by atoms with Crippen molar-refractivity contribution in [2.75, 3.05) is 13.7 Å². The molecule has 1 heterocycles. The Labute approximate surface area is 232 Å². The van der Waals surface area contributed by atoms with E-state index in [9.17, 15) is 4.79 Å². The third kappa shape index (κ3) is 6.83. The molecule has 4 rings (SSSR count). The Kier molecular flexibility index (Phi) is 9.23. The molecule has 198 valence electrons. The number of aryl methyl sites for hydroxylation is 1. The standard InChI is InChI=1S/C30H30Cl2N2O4/c1-3-34-20-27(25-11-10-24(31)19-26(25)32)33-28(34)12-9-21-6-4-7-23(18-21)22-13-15-30(37-2,16-14-22)38-17-5-8-29(35)36/h4,6-7,9-15,18-20H,3,5,8,16-17H2,1-2H3,(H,35,36)/b12-9+. The molecule has 1 unspecified atom stereocenters. The number of carboxylic acids is 1. The number of nitrogens with zero attached hydrogens (tertiary/aromatic N) is 2. The first-order valence-corrected chi connectivity index (χ1v) is 13.2. The molecule has 0 saturated heterocycles. The number of hydrogen-bond acceptors (Lipinski definition) is 4. The van der Waals surface area contributed by atoms with Crippen LogP contribution in [0.2, 0.25) is 10.0 Å². The summed E-state index contributed by atoms with van der Waals surface area (Å²) in [6, 6.07) is 13.7. The molecule has 0 amide bonds. The Morgan fingerprint density at radius 3 is 2.74 bits per heavy atom. The Balaban J connectivity index is 1.48. The lowest BCUT2D eigenvalue weighted by Gasteiger charge is -2.31. The number of hydrogen-bond donors (Lipinski definition) is 1. The van der Waals surface area contributed by atoms with Gasteiger partial charge in [0.1, 0.15) is 5.82 Å². The monoisotopic (exact) mass is 552 g/mol. The number of carbonyl (C=O) groups is 1. The van der Waals surface area contributed by atoms with Gasteiger partial charge in [0, 0.05) is 43.3 Å². The number of imidazole rings is 1. The SMILES string of the molecule is CCn1cc(-c2ccc(Cl)cc2Cl)nc1/C=C/c1cccc(C2=CCC(OC)(OCCCC(=O)O)C=C2)c1. The third-order valence-electron chi connectivity index (χ3n) is 6.35. The fraction of sp³-hybridized carbons (Fsp3) is 0.267. The van der Waals surface area contributed by atoms with E-state index in [-0.39, 0.29) is 6.42 Å². The molecule has 1 aromatic heterocycles. The smallest absolute Gasteiger partial charge is 0.303 e. The number of allylic oxidation sites excluding steroid dienone is 2. The average Bonchev–Trinajstić information content (AvgIpc) is 3.33. The van der Waals surface area contributed by atoms with Gasteiger partial charge in [-0.1, -0.05) is 59.6 Å². The molecule has 6 nitrogen and oxygen atoms in total. The first kappa shape index (κ1) is 27.9. The molecule has 0 fully saturated rings. The summed E-state index contributed by atoms with van der Waals surface area (Å²) in [5, 5.41) is 9.98. The summed E-state index contributed by atoms with van der Waals surface area (Å²) in [7, 11) is 1.60. The molecule has 8 heteroatoms. The summed E-state index contributed by atoms with van der Waals surface area (Å²) >= 11 is 12.5. The molecule has 2 aromatic carbocycles. The molecule has 0 aliphatic heterocycles. The van der Waals surface area contributed by atoms with Crippen LogP contribution in [0.1, 0.15) is 43.1 Å². The van der Waals surface area contributed by atoms with E-state index in [2.05, 4.69) is 29.7 Å². The van der Waals surface area contributed by atoms with Crippen molar-refractivity contribution >= 4 is 46.9 Å². The van der Waals surface area contributed by atoms with E-state index >= 15 is 0 Å².